The molecule has 0 aliphatic rings. The van der Waals surface area contributed by atoms with Gasteiger partial charge in [-0.3, -0.25) is 0 Å². The van der Waals surface area contributed by atoms with Crippen molar-refractivity contribution in [1.82, 2.24) is 0 Å². The van der Waals surface area contributed by atoms with E-state index in [1.54, 1.807) is 25.1 Å². The van der Waals surface area contributed by atoms with Gasteiger partial charge in [0.2, 0.25) is 0 Å². The van der Waals surface area contributed by atoms with E-state index in [0.717, 1.165) is 0 Å². The Morgan fingerprint density at radius 1 is 1.28 bits per heavy atom. The number of alkyl halides is 3. The zero-order chi connectivity index (χ0) is 13.8. The summed E-state index contributed by atoms with van der Waals surface area (Å²) in [6.45, 7) is 1.28. The molecule has 0 saturated heterocycles. The molecule has 0 aliphatic carbocycles. The van der Waals surface area contributed by atoms with Crippen LogP contribution < -0.4 is 15.2 Å². The van der Waals surface area contributed by atoms with E-state index in [1.807, 2.05) is 0 Å². The molecule has 0 unspecified atom stereocenters. The zero-order valence-corrected chi connectivity index (χ0v) is 10.3. The van der Waals surface area contributed by atoms with Gasteiger partial charge in [-0.1, -0.05) is 6.07 Å². The largest absolute Gasteiger partial charge is 0.496 e. The van der Waals surface area contributed by atoms with Crippen LogP contribution in [0.2, 0.25) is 0 Å². The van der Waals surface area contributed by atoms with Crippen molar-refractivity contribution in [3.8, 4) is 11.5 Å². The minimum absolute atomic E-state index is 0.327. The summed E-state index contributed by atoms with van der Waals surface area (Å²) in [7, 11) is 1.47. The van der Waals surface area contributed by atoms with Crippen LogP contribution in [0, 0.1) is 0 Å². The van der Waals surface area contributed by atoms with E-state index >= 15 is 0 Å². The van der Waals surface area contributed by atoms with Gasteiger partial charge in [0.25, 0.3) is 0 Å². The molecule has 1 rings (SSSR count). The standard InChI is InChI=1S/C12H16F3NO2/c1-8(16)11-9(17-2)4-3-5-10(11)18-7-6-12(13,14)15/h3-5,8H,6-7,16H2,1-2H3/t8-/m0/s1. The smallest absolute Gasteiger partial charge is 0.392 e. The number of rotatable bonds is 5. The summed E-state index contributed by atoms with van der Waals surface area (Å²) >= 11 is 0. The van der Waals surface area contributed by atoms with Crippen molar-refractivity contribution >= 4 is 0 Å². The predicted molar refractivity (Wildman–Crippen MR) is 61.8 cm³/mol. The van der Waals surface area contributed by atoms with Gasteiger partial charge in [-0.25, -0.2) is 0 Å². The van der Waals surface area contributed by atoms with Crippen LogP contribution in [0.15, 0.2) is 18.2 Å². The van der Waals surface area contributed by atoms with E-state index in [-0.39, 0.29) is 6.04 Å². The maximum atomic E-state index is 12.0. The highest BCUT2D eigenvalue weighted by Crippen LogP contribution is 2.33. The lowest BCUT2D eigenvalue weighted by molar-refractivity contribution is -0.139. The summed E-state index contributed by atoms with van der Waals surface area (Å²) in [5.41, 5.74) is 6.34. The number of hydrogen-bond acceptors (Lipinski definition) is 3. The molecule has 0 radical (unpaired) electrons. The van der Waals surface area contributed by atoms with E-state index in [4.69, 9.17) is 15.2 Å². The molecule has 18 heavy (non-hydrogen) atoms. The Bertz CT molecular complexity index is 391. The second-order valence-corrected chi connectivity index (χ2v) is 3.87. The fraction of sp³-hybridized carbons (Fsp3) is 0.500. The van der Waals surface area contributed by atoms with Gasteiger partial charge in [0.05, 0.1) is 25.7 Å². The molecule has 0 aliphatic heterocycles. The molecular weight excluding hydrogens is 247 g/mol. The second kappa shape index (κ2) is 5.95. The van der Waals surface area contributed by atoms with Crippen LogP contribution >= 0.6 is 0 Å². The summed E-state index contributed by atoms with van der Waals surface area (Å²) in [4.78, 5) is 0. The number of ether oxygens (including phenoxy) is 2. The normalized spacial score (nSPS) is 13.2. The molecule has 0 heterocycles. The minimum atomic E-state index is -4.23. The van der Waals surface area contributed by atoms with E-state index < -0.39 is 19.2 Å². The highest BCUT2D eigenvalue weighted by Gasteiger charge is 2.27. The molecule has 102 valence electrons. The third kappa shape index (κ3) is 4.10. The number of nitrogens with two attached hydrogens (primary N) is 1. The van der Waals surface area contributed by atoms with Gasteiger partial charge in [0.15, 0.2) is 0 Å². The average Bonchev–Trinajstić information content (AvgIpc) is 2.26. The van der Waals surface area contributed by atoms with Crippen molar-refractivity contribution in [2.45, 2.75) is 25.6 Å². The Kier molecular flexibility index (Phi) is 4.84. The molecule has 0 amide bonds. The number of benzene rings is 1. The fourth-order valence-electron chi connectivity index (χ4n) is 1.55. The molecule has 1 aromatic rings. The third-order valence-electron chi connectivity index (χ3n) is 2.34. The highest BCUT2D eigenvalue weighted by molar-refractivity contribution is 5.46. The van der Waals surface area contributed by atoms with Crippen molar-refractivity contribution in [2.24, 2.45) is 5.73 Å². The Morgan fingerprint density at radius 3 is 2.39 bits per heavy atom. The van der Waals surface area contributed by atoms with Crippen LogP contribution in [0.25, 0.3) is 0 Å². The SMILES string of the molecule is COc1cccc(OCCC(F)(F)F)c1[C@H](C)N. The van der Waals surface area contributed by atoms with Crippen molar-refractivity contribution in [2.75, 3.05) is 13.7 Å². The van der Waals surface area contributed by atoms with Crippen LogP contribution in [-0.4, -0.2) is 19.9 Å². The van der Waals surface area contributed by atoms with Gasteiger partial charge in [0.1, 0.15) is 11.5 Å². The number of hydrogen-bond donors (Lipinski definition) is 1. The summed E-state index contributed by atoms with van der Waals surface area (Å²) in [6.07, 6.45) is -5.23. The molecule has 0 saturated carbocycles. The molecule has 1 aromatic carbocycles. The molecule has 6 heteroatoms. The summed E-state index contributed by atoms with van der Waals surface area (Å²) in [5.74, 6) is 0.836. The van der Waals surface area contributed by atoms with Crippen molar-refractivity contribution < 1.29 is 22.6 Å². The van der Waals surface area contributed by atoms with Gasteiger partial charge in [-0.2, -0.15) is 13.2 Å². The van der Waals surface area contributed by atoms with Crippen LogP contribution in [0.5, 0.6) is 11.5 Å². The monoisotopic (exact) mass is 263 g/mol. The van der Waals surface area contributed by atoms with E-state index in [1.165, 1.54) is 7.11 Å². The van der Waals surface area contributed by atoms with Gasteiger partial charge in [0, 0.05) is 6.04 Å². The topological polar surface area (TPSA) is 44.5 Å². The van der Waals surface area contributed by atoms with E-state index in [9.17, 15) is 13.2 Å². The summed E-state index contributed by atoms with van der Waals surface area (Å²) in [5, 5.41) is 0. The molecule has 2 N–H and O–H groups in total. The fourth-order valence-corrected chi connectivity index (χ4v) is 1.55. The van der Waals surface area contributed by atoms with Crippen LogP contribution in [0.4, 0.5) is 13.2 Å². The third-order valence-corrected chi connectivity index (χ3v) is 2.34. The lowest BCUT2D eigenvalue weighted by atomic mass is 10.1. The van der Waals surface area contributed by atoms with E-state index in [2.05, 4.69) is 0 Å². The first-order valence-electron chi connectivity index (χ1n) is 5.47. The Hall–Kier alpha value is -1.43. The molecular formula is C12H16F3NO2. The van der Waals surface area contributed by atoms with Crippen LogP contribution in [0.3, 0.4) is 0 Å². The quantitative estimate of drug-likeness (QED) is 0.888. The number of halogens is 3. The van der Waals surface area contributed by atoms with Gasteiger partial charge >= 0.3 is 6.18 Å². The van der Waals surface area contributed by atoms with E-state index in [0.29, 0.717) is 17.1 Å². The van der Waals surface area contributed by atoms with Gasteiger partial charge < -0.3 is 15.2 Å². The van der Waals surface area contributed by atoms with Crippen molar-refractivity contribution in [3.05, 3.63) is 23.8 Å². The Morgan fingerprint density at radius 2 is 1.89 bits per heavy atom. The maximum Gasteiger partial charge on any atom is 0.392 e. The zero-order valence-electron chi connectivity index (χ0n) is 10.3. The predicted octanol–water partition coefficient (Wildman–Crippen LogP) is 3.05. The van der Waals surface area contributed by atoms with Crippen LogP contribution in [0.1, 0.15) is 24.9 Å². The minimum Gasteiger partial charge on any atom is -0.496 e. The first-order chi connectivity index (χ1) is 8.35. The molecule has 0 bridgehead atoms. The summed E-state index contributed by atoms with van der Waals surface area (Å²) < 4.78 is 46.3. The van der Waals surface area contributed by atoms with Gasteiger partial charge in [-0.05, 0) is 19.1 Å². The van der Waals surface area contributed by atoms with Crippen LogP contribution in [-0.2, 0) is 0 Å². The first-order valence-corrected chi connectivity index (χ1v) is 5.47. The molecule has 3 nitrogen and oxygen atoms in total. The average molecular weight is 263 g/mol. The number of methoxy groups -OCH3 is 1. The first kappa shape index (κ1) is 14.6. The second-order valence-electron chi connectivity index (χ2n) is 3.87. The van der Waals surface area contributed by atoms with Crippen molar-refractivity contribution in [3.63, 3.8) is 0 Å². The van der Waals surface area contributed by atoms with Crippen molar-refractivity contribution in [1.29, 1.82) is 0 Å². The lowest BCUT2D eigenvalue weighted by Gasteiger charge is -2.17. The molecule has 1 atom stereocenters. The summed E-state index contributed by atoms with van der Waals surface area (Å²) in [6, 6.07) is 4.53. The highest BCUT2D eigenvalue weighted by atomic mass is 19.4. The Balaban J connectivity index is 2.82. The molecule has 0 spiro atoms. The Labute approximate surface area is 104 Å². The molecule has 0 aromatic heterocycles. The van der Waals surface area contributed by atoms with Gasteiger partial charge in [-0.15, -0.1) is 0 Å². The maximum absolute atomic E-state index is 12.0. The molecule has 0 fully saturated rings. The lowest BCUT2D eigenvalue weighted by Crippen LogP contribution is -2.15.